The van der Waals surface area contributed by atoms with Crippen molar-refractivity contribution < 1.29 is 0 Å². The Labute approximate surface area is 107 Å². The number of hydrogen-bond donors (Lipinski definition) is 2. The van der Waals surface area contributed by atoms with Gasteiger partial charge in [0.05, 0.1) is 0 Å². The van der Waals surface area contributed by atoms with Gasteiger partial charge < -0.3 is 15.2 Å². The van der Waals surface area contributed by atoms with Crippen LogP contribution in [0.15, 0.2) is 17.2 Å². The molecule has 0 saturated carbocycles. The van der Waals surface area contributed by atoms with E-state index >= 15 is 0 Å². The summed E-state index contributed by atoms with van der Waals surface area (Å²) in [6.45, 7) is 8.57. The predicted molar refractivity (Wildman–Crippen MR) is 72.0 cm³/mol. The number of nitrogens with one attached hydrogen (secondary N) is 2. The third-order valence-electron chi connectivity index (χ3n) is 3.18. The lowest BCUT2D eigenvalue weighted by atomic mass is 10.3. The van der Waals surface area contributed by atoms with Gasteiger partial charge in [0, 0.05) is 58.2 Å². The standard InChI is InChI=1S/C12H21N5O/c1-2-17-10-6-15-11(12(17)18)14-5-9-16-7-3-13-4-8-16/h6,10,13H,2-5,7-9H2,1H3,(H,14,15). The van der Waals surface area contributed by atoms with Gasteiger partial charge in [-0.15, -0.1) is 0 Å². The van der Waals surface area contributed by atoms with Crippen molar-refractivity contribution in [3.05, 3.63) is 22.7 Å². The molecule has 2 heterocycles. The Morgan fingerprint density at radius 3 is 2.94 bits per heavy atom. The lowest BCUT2D eigenvalue weighted by Gasteiger charge is -2.27. The van der Waals surface area contributed by atoms with Gasteiger partial charge in [0.2, 0.25) is 0 Å². The number of aryl methyl sites for hydroxylation is 1. The Morgan fingerprint density at radius 2 is 2.22 bits per heavy atom. The molecule has 0 unspecified atom stereocenters. The van der Waals surface area contributed by atoms with Crippen molar-refractivity contribution in [2.75, 3.05) is 44.6 Å². The molecule has 6 heteroatoms. The fourth-order valence-corrected chi connectivity index (χ4v) is 2.08. The number of rotatable bonds is 5. The third-order valence-corrected chi connectivity index (χ3v) is 3.18. The summed E-state index contributed by atoms with van der Waals surface area (Å²) in [5, 5.41) is 6.45. The lowest BCUT2D eigenvalue weighted by Crippen LogP contribution is -2.45. The topological polar surface area (TPSA) is 62.2 Å². The zero-order chi connectivity index (χ0) is 12.8. The maximum absolute atomic E-state index is 11.9. The first-order chi connectivity index (χ1) is 8.81. The number of anilines is 1. The van der Waals surface area contributed by atoms with Crippen molar-refractivity contribution in [2.24, 2.45) is 0 Å². The van der Waals surface area contributed by atoms with E-state index < -0.39 is 0 Å². The summed E-state index contributed by atoms with van der Waals surface area (Å²) in [5.41, 5.74) is -0.0414. The SMILES string of the molecule is CCn1ccnc(NCCN2CCNCC2)c1=O. The fraction of sp³-hybridized carbons (Fsp3) is 0.667. The normalized spacial score (nSPS) is 16.7. The molecule has 1 aliphatic rings. The fourth-order valence-electron chi connectivity index (χ4n) is 2.08. The van der Waals surface area contributed by atoms with Crippen molar-refractivity contribution in [1.29, 1.82) is 0 Å². The Bertz CT molecular complexity index is 425. The molecular weight excluding hydrogens is 230 g/mol. The van der Waals surface area contributed by atoms with E-state index in [1.807, 2.05) is 6.92 Å². The summed E-state index contributed by atoms with van der Waals surface area (Å²) in [5.74, 6) is 0.453. The highest BCUT2D eigenvalue weighted by Gasteiger charge is 2.09. The van der Waals surface area contributed by atoms with E-state index in [0.29, 0.717) is 12.4 Å². The molecule has 1 aromatic heterocycles. The van der Waals surface area contributed by atoms with Crippen LogP contribution in [-0.2, 0) is 6.54 Å². The summed E-state index contributed by atoms with van der Waals surface area (Å²) < 4.78 is 1.65. The van der Waals surface area contributed by atoms with E-state index in [1.54, 1.807) is 17.0 Å². The molecule has 1 saturated heterocycles. The first-order valence-corrected chi connectivity index (χ1v) is 6.53. The van der Waals surface area contributed by atoms with Gasteiger partial charge in [0.15, 0.2) is 5.82 Å². The summed E-state index contributed by atoms with van der Waals surface area (Å²) in [6, 6.07) is 0. The van der Waals surface area contributed by atoms with Gasteiger partial charge in [-0.1, -0.05) is 0 Å². The Morgan fingerprint density at radius 1 is 1.44 bits per heavy atom. The van der Waals surface area contributed by atoms with Crippen LogP contribution in [0, 0.1) is 0 Å². The highest BCUT2D eigenvalue weighted by Crippen LogP contribution is 1.95. The molecule has 0 atom stereocenters. The zero-order valence-electron chi connectivity index (χ0n) is 10.9. The minimum Gasteiger partial charge on any atom is -0.364 e. The average molecular weight is 251 g/mol. The van der Waals surface area contributed by atoms with Crippen LogP contribution in [0.4, 0.5) is 5.82 Å². The number of piperazine rings is 1. The van der Waals surface area contributed by atoms with Gasteiger partial charge in [-0.25, -0.2) is 4.98 Å². The molecule has 0 radical (unpaired) electrons. The summed E-state index contributed by atoms with van der Waals surface area (Å²) >= 11 is 0. The number of nitrogens with zero attached hydrogens (tertiary/aromatic N) is 3. The van der Waals surface area contributed by atoms with Crippen LogP contribution in [0.25, 0.3) is 0 Å². The first-order valence-electron chi connectivity index (χ1n) is 6.53. The maximum atomic E-state index is 11.9. The highest BCUT2D eigenvalue weighted by molar-refractivity contribution is 5.30. The second kappa shape index (κ2) is 6.51. The molecule has 1 aliphatic heterocycles. The minimum absolute atomic E-state index is 0.0414. The van der Waals surface area contributed by atoms with Crippen molar-refractivity contribution >= 4 is 5.82 Å². The van der Waals surface area contributed by atoms with Crippen LogP contribution in [0.2, 0.25) is 0 Å². The molecule has 2 N–H and O–H groups in total. The average Bonchev–Trinajstić information content (AvgIpc) is 2.42. The van der Waals surface area contributed by atoms with Crippen molar-refractivity contribution in [2.45, 2.75) is 13.5 Å². The quantitative estimate of drug-likeness (QED) is 0.744. The van der Waals surface area contributed by atoms with Crippen LogP contribution >= 0.6 is 0 Å². The third kappa shape index (κ3) is 3.30. The van der Waals surface area contributed by atoms with E-state index in [9.17, 15) is 4.79 Å². The molecule has 0 spiro atoms. The Hall–Kier alpha value is -1.40. The molecule has 2 rings (SSSR count). The smallest absolute Gasteiger partial charge is 0.293 e. The second-order valence-corrected chi connectivity index (χ2v) is 4.39. The predicted octanol–water partition coefficient (Wildman–Crippen LogP) is -0.420. The van der Waals surface area contributed by atoms with Gasteiger partial charge >= 0.3 is 0 Å². The summed E-state index contributed by atoms with van der Waals surface area (Å²) in [6.07, 6.45) is 3.38. The zero-order valence-corrected chi connectivity index (χ0v) is 10.9. The molecule has 0 aromatic carbocycles. The van der Waals surface area contributed by atoms with Crippen molar-refractivity contribution in [1.82, 2.24) is 19.8 Å². The van der Waals surface area contributed by atoms with Gasteiger partial charge in [-0.05, 0) is 6.92 Å². The molecular formula is C12H21N5O. The highest BCUT2D eigenvalue weighted by atomic mass is 16.1. The van der Waals surface area contributed by atoms with Gasteiger partial charge in [-0.2, -0.15) is 0 Å². The minimum atomic E-state index is -0.0414. The van der Waals surface area contributed by atoms with Crippen molar-refractivity contribution in [3.63, 3.8) is 0 Å². The lowest BCUT2D eigenvalue weighted by molar-refractivity contribution is 0.249. The maximum Gasteiger partial charge on any atom is 0.293 e. The summed E-state index contributed by atoms with van der Waals surface area (Å²) in [7, 11) is 0. The molecule has 0 amide bonds. The Balaban J connectivity index is 1.84. The second-order valence-electron chi connectivity index (χ2n) is 4.39. The van der Waals surface area contributed by atoms with E-state index in [2.05, 4.69) is 20.5 Å². The van der Waals surface area contributed by atoms with Gasteiger partial charge in [0.1, 0.15) is 0 Å². The van der Waals surface area contributed by atoms with Crippen molar-refractivity contribution in [3.8, 4) is 0 Å². The van der Waals surface area contributed by atoms with E-state index in [4.69, 9.17) is 0 Å². The van der Waals surface area contributed by atoms with E-state index in [1.165, 1.54) is 0 Å². The van der Waals surface area contributed by atoms with Crippen LogP contribution in [0.5, 0.6) is 0 Å². The molecule has 100 valence electrons. The van der Waals surface area contributed by atoms with Crippen LogP contribution in [-0.4, -0.2) is 53.7 Å². The van der Waals surface area contributed by atoms with E-state index in [0.717, 1.165) is 39.3 Å². The number of hydrogen-bond acceptors (Lipinski definition) is 5. The Kier molecular flexibility index (Phi) is 4.72. The summed E-state index contributed by atoms with van der Waals surface area (Å²) in [4.78, 5) is 18.4. The molecule has 6 nitrogen and oxygen atoms in total. The number of aromatic nitrogens is 2. The molecule has 0 bridgehead atoms. The largest absolute Gasteiger partial charge is 0.364 e. The van der Waals surface area contributed by atoms with Crippen LogP contribution < -0.4 is 16.2 Å². The molecule has 1 aromatic rings. The monoisotopic (exact) mass is 251 g/mol. The molecule has 1 fully saturated rings. The van der Waals surface area contributed by atoms with Crippen LogP contribution in [0.3, 0.4) is 0 Å². The van der Waals surface area contributed by atoms with Crippen LogP contribution in [0.1, 0.15) is 6.92 Å². The molecule has 0 aliphatic carbocycles. The molecule has 18 heavy (non-hydrogen) atoms. The van der Waals surface area contributed by atoms with Gasteiger partial charge in [0.25, 0.3) is 5.56 Å². The first kappa shape index (κ1) is 13.0. The van der Waals surface area contributed by atoms with E-state index in [-0.39, 0.29) is 5.56 Å². The van der Waals surface area contributed by atoms with Gasteiger partial charge in [-0.3, -0.25) is 9.69 Å².